The number of carbonyl (C=O) groups is 2. The van der Waals surface area contributed by atoms with Crippen LogP contribution >= 0.6 is 0 Å². The fourth-order valence-electron chi connectivity index (χ4n) is 1.86. The lowest BCUT2D eigenvalue weighted by Crippen LogP contribution is -2.55. The molecule has 1 unspecified atom stereocenters. The van der Waals surface area contributed by atoms with Gasteiger partial charge in [0.2, 0.25) is 0 Å². The second-order valence-electron chi connectivity index (χ2n) is 4.74. The highest BCUT2D eigenvalue weighted by Crippen LogP contribution is 2.39. The number of aromatic nitrogens is 2. The molecule has 1 heterocycles. The Kier molecular flexibility index (Phi) is 2.98. The zero-order chi connectivity index (χ0) is 13.3. The smallest absolute Gasteiger partial charge is 0.329 e. The molecule has 1 aromatic rings. The summed E-state index contributed by atoms with van der Waals surface area (Å²) in [6, 6.07) is 1.08. The lowest BCUT2D eigenvalue weighted by atomic mass is 9.96. The summed E-state index contributed by atoms with van der Waals surface area (Å²) in [5, 5.41) is 18.2. The van der Waals surface area contributed by atoms with E-state index in [4.69, 9.17) is 0 Å². The van der Waals surface area contributed by atoms with Crippen molar-refractivity contribution < 1.29 is 14.7 Å². The molecule has 1 saturated carbocycles. The topological polar surface area (TPSA) is 96.2 Å². The number of nitrogens with one attached hydrogen (secondary N) is 2. The maximum absolute atomic E-state index is 11.7. The molecule has 7 nitrogen and oxygen atoms in total. The Morgan fingerprint density at radius 2 is 2.22 bits per heavy atom. The molecule has 0 spiro atoms. The number of amides is 2. The zero-order valence-corrected chi connectivity index (χ0v) is 10.3. The van der Waals surface area contributed by atoms with Crippen LogP contribution in [0.3, 0.4) is 0 Å². The van der Waals surface area contributed by atoms with Gasteiger partial charge in [0.1, 0.15) is 5.54 Å². The third-order valence-corrected chi connectivity index (χ3v) is 3.17. The molecule has 0 aromatic carbocycles. The normalized spacial score (nSPS) is 17.9. The molecular weight excluding hydrogens is 236 g/mol. The predicted octanol–water partition coefficient (Wildman–Crippen LogP) is 0.795. The first kappa shape index (κ1) is 12.4. The molecule has 2 amide bonds. The van der Waals surface area contributed by atoms with E-state index in [1.807, 2.05) is 0 Å². The minimum atomic E-state index is -1.21. The quantitative estimate of drug-likeness (QED) is 0.738. The van der Waals surface area contributed by atoms with Crippen LogP contribution in [0, 0.1) is 5.92 Å². The van der Waals surface area contributed by atoms with Crippen molar-refractivity contribution in [3.8, 4) is 0 Å². The van der Waals surface area contributed by atoms with E-state index in [1.54, 1.807) is 24.0 Å². The highest BCUT2D eigenvalue weighted by atomic mass is 16.4. The summed E-state index contributed by atoms with van der Waals surface area (Å²) in [6.45, 7) is 1.53. The second-order valence-corrected chi connectivity index (χ2v) is 4.74. The Bertz CT molecular complexity index is 480. The van der Waals surface area contributed by atoms with Gasteiger partial charge >= 0.3 is 12.0 Å². The van der Waals surface area contributed by atoms with Crippen LogP contribution in [0.15, 0.2) is 12.3 Å². The fraction of sp³-hybridized carbons (Fsp3) is 0.545. The number of anilines is 1. The number of aliphatic carboxylic acids is 1. The number of carbonyl (C=O) groups excluding carboxylic acids is 1. The van der Waals surface area contributed by atoms with Gasteiger partial charge in [0.25, 0.3) is 0 Å². The number of hydrogen-bond donors (Lipinski definition) is 3. The molecular formula is C11H16N4O3. The Morgan fingerprint density at radius 3 is 2.67 bits per heavy atom. The number of nitrogens with zero attached hydrogens (tertiary/aromatic N) is 2. The first-order valence-electron chi connectivity index (χ1n) is 5.74. The van der Waals surface area contributed by atoms with E-state index in [2.05, 4.69) is 15.7 Å². The molecule has 98 valence electrons. The number of carboxylic acid groups (broad SMARTS) is 1. The van der Waals surface area contributed by atoms with Gasteiger partial charge in [-0.05, 0) is 25.7 Å². The van der Waals surface area contributed by atoms with Gasteiger partial charge < -0.3 is 10.4 Å². The lowest BCUT2D eigenvalue weighted by molar-refractivity contribution is -0.144. The first-order valence-corrected chi connectivity index (χ1v) is 5.74. The van der Waals surface area contributed by atoms with Crippen LogP contribution in [0.5, 0.6) is 0 Å². The van der Waals surface area contributed by atoms with E-state index >= 15 is 0 Å². The minimum Gasteiger partial charge on any atom is -0.480 e. The van der Waals surface area contributed by atoms with E-state index in [9.17, 15) is 14.7 Å². The summed E-state index contributed by atoms with van der Waals surface area (Å²) in [7, 11) is 1.73. The molecule has 0 saturated heterocycles. The summed E-state index contributed by atoms with van der Waals surface area (Å²) in [5.41, 5.74) is -1.21. The number of hydrogen-bond acceptors (Lipinski definition) is 3. The predicted molar refractivity (Wildman–Crippen MR) is 64.1 cm³/mol. The molecule has 1 aromatic heterocycles. The number of carboxylic acids is 1. The van der Waals surface area contributed by atoms with Crippen molar-refractivity contribution in [1.29, 1.82) is 0 Å². The molecule has 2 rings (SSSR count). The Labute approximate surface area is 104 Å². The molecule has 0 aliphatic heterocycles. The third-order valence-electron chi connectivity index (χ3n) is 3.17. The van der Waals surface area contributed by atoms with Gasteiger partial charge in [0, 0.05) is 19.3 Å². The summed E-state index contributed by atoms with van der Waals surface area (Å²) in [5.74, 6) is -0.621. The molecule has 7 heteroatoms. The maximum atomic E-state index is 11.7. The van der Waals surface area contributed by atoms with Crippen LogP contribution in [0.2, 0.25) is 0 Å². The molecule has 1 aliphatic carbocycles. The number of rotatable bonds is 4. The van der Waals surface area contributed by atoms with E-state index in [-0.39, 0.29) is 5.92 Å². The summed E-state index contributed by atoms with van der Waals surface area (Å²) in [4.78, 5) is 23.0. The lowest BCUT2D eigenvalue weighted by Gasteiger charge is -2.25. The van der Waals surface area contributed by atoms with Gasteiger partial charge in [0.05, 0.1) is 0 Å². The minimum absolute atomic E-state index is 0.00415. The average Bonchev–Trinajstić information content (AvgIpc) is 3.04. The monoisotopic (exact) mass is 252 g/mol. The van der Waals surface area contributed by atoms with E-state index in [0.29, 0.717) is 5.82 Å². The molecule has 1 atom stereocenters. The Morgan fingerprint density at radius 1 is 1.56 bits per heavy atom. The van der Waals surface area contributed by atoms with E-state index in [0.717, 1.165) is 12.8 Å². The summed E-state index contributed by atoms with van der Waals surface area (Å²) < 4.78 is 1.55. The van der Waals surface area contributed by atoms with Gasteiger partial charge in [-0.2, -0.15) is 5.10 Å². The highest BCUT2D eigenvalue weighted by molar-refractivity contribution is 5.93. The van der Waals surface area contributed by atoms with Crippen molar-refractivity contribution in [1.82, 2.24) is 15.1 Å². The Balaban J connectivity index is 1.99. The van der Waals surface area contributed by atoms with Crippen molar-refractivity contribution in [3.05, 3.63) is 12.3 Å². The highest BCUT2D eigenvalue weighted by Gasteiger charge is 2.48. The van der Waals surface area contributed by atoms with Gasteiger partial charge in [-0.25, -0.2) is 9.59 Å². The molecule has 3 N–H and O–H groups in total. The van der Waals surface area contributed by atoms with Gasteiger partial charge in [0.15, 0.2) is 5.82 Å². The molecule has 18 heavy (non-hydrogen) atoms. The molecule has 0 bridgehead atoms. The van der Waals surface area contributed by atoms with Crippen LogP contribution < -0.4 is 10.6 Å². The van der Waals surface area contributed by atoms with E-state index in [1.165, 1.54) is 6.92 Å². The largest absolute Gasteiger partial charge is 0.480 e. The van der Waals surface area contributed by atoms with Crippen LogP contribution in [-0.2, 0) is 11.8 Å². The van der Waals surface area contributed by atoms with Crippen molar-refractivity contribution in [2.45, 2.75) is 25.3 Å². The summed E-state index contributed by atoms with van der Waals surface area (Å²) >= 11 is 0. The van der Waals surface area contributed by atoms with Gasteiger partial charge in [-0.15, -0.1) is 0 Å². The average molecular weight is 252 g/mol. The third kappa shape index (κ3) is 2.44. The standard InChI is InChI=1S/C11H16N4O3/c1-11(9(16)17,7-3-4-7)13-10(18)12-8-5-6-15(2)14-8/h5-7H,3-4H2,1-2H3,(H,16,17)(H2,12,13,14,18). The Hall–Kier alpha value is -2.05. The van der Waals surface area contributed by atoms with Crippen molar-refractivity contribution in [2.24, 2.45) is 13.0 Å². The molecule has 1 fully saturated rings. The van der Waals surface area contributed by atoms with Crippen molar-refractivity contribution in [3.63, 3.8) is 0 Å². The van der Waals surface area contributed by atoms with Crippen LogP contribution in [-0.4, -0.2) is 32.4 Å². The van der Waals surface area contributed by atoms with Crippen molar-refractivity contribution in [2.75, 3.05) is 5.32 Å². The van der Waals surface area contributed by atoms with Crippen LogP contribution in [0.1, 0.15) is 19.8 Å². The number of urea groups is 1. The van der Waals surface area contributed by atoms with Crippen LogP contribution in [0.25, 0.3) is 0 Å². The van der Waals surface area contributed by atoms with Crippen molar-refractivity contribution >= 4 is 17.8 Å². The van der Waals surface area contributed by atoms with E-state index < -0.39 is 17.5 Å². The fourth-order valence-corrected chi connectivity index (χ4v) is 1.86. The molecule has 0 radical (unpaired) electrons. The maximum Gasteiger partial charge on any atom is 0.329 e. The SMILES string of the molecule is Cn1ccc(NC(=O)NC(C)(C(=O)O)C2CC2)n1. The van der Waals surface area contributed by atoms with Gasteiger partial charge in [-0.3, -0.25) is 10.00 Å². The molecule has 1 aliphatic rings. The zero-order valence-electron chi connectivity index (χ0n) is 10.3. The number of aryl methyl sites for hydroxylation is 1. The van der Waals surface area contributed by atoms with Gasteiger partial charge in [-0.1, -0.05) is 0 Å². The van der Waals surface area contributed by atoms with Crippen LogP contribution in [0.4, 0.5) is 10.6 Å². The summed E-state index contributed by atoms with van der Waals surface area (Å²) in [6.07, 6.45) is 3.34. The first-order chi connectivity index (χ1) is 8.41. The second kappa shape index (κ2) is 4.32.